The summed E-state index contributed by atoms with van der Waals surface area (Å²) in [5, 5.41) is 10.2. The molecule has 39 heavy (non-hydrogen) atoms. The Labute approximate surface area is 226 Å². The first kappa shape index (κ1) is 26.8. The lowest BCUT2D eigenvalue weighted by Crippen LogP contribution is -2.25. The summed E-state index contributed by atoms with van der Waals surface area (Å²) in [4.78, 5) is 27.4. The molecule has 3 aromatic rings. The lowest BCUT2D eigenvalue weighted by molar-refractivity contribution is -0.150. The van der Waals surface area contributed by atoms with Gasteiger partial charge in [0, 0.05) is 36.4 Å². The first-order valence-corrected chi connectivity index (χ1v) is 13.1. The van der Waals surface area contributed by atoms with E-state index < -0.39 is 23.7 Å². The van der Waals surface area contributed by atoms with E-state index in [4.69, 9.17) is 9.47 Å². The zero-order chi connectivity index (χ0) is 28.0. The highest BCUT2D eigenvalue weighted by molar-refractivity contribution is 5.95. The molecule has 1 N–H and O–H groups in total. The van der Waals surface area contributed by atoms with Crippen LogP contribution >= 0.6 is 0 Å². The van der Waals surface area contributed by atoms with Crippen LogP contribution in [0.4, 0.5) is 8.78 Å². The molecular formula is C31H31F2NO5. The number of benzene rings is 3. The Hall–Kier alpha value is -3.78. The van der Waals surface area contributed by atoms with Crippen LogP contribution in [0.15, 0.2) is 30.3 Å². The molecule has 0 bridgehead atoms. The normalized spacial score (nSPS) is 15.0. The Bertz CT molecular complexity index is 1500. The van der Waals surface area contributed by atoms with Crippen molar-refractivity contribution in [3.63, 3.8) is 0 Å². The van der Waals surface area contributed by atoms with Crippen LogP contribution in [0.3, 0.4) is 0 Å². The molecule has 0 saturated carbocycles. The van der Waals surface area contributed by atoms with Gasteiger partial charge in [-0.3, -0.25) is 4.79 Å². The second kappa shape index (κ2) is 10.4. The highest BCUT2D eigenvalue weighted by atomic mass is 19.1. The molecule has 0 aliphatic carbocycles. The average molecular weight is 536 g/mol. The van der Waals surface area contributed by atoms with Gasteiger partial charge in [0.05, 0.1) is 6.61 Å². The van der Waals surface area contributed by atoms with Gasteiger partial charge in [-0.1, -0.05) is 6.07 Å². The van der Waals surface area contributed by atoms with Crippen molar-refractivity contribution in [1.29, 1.82) is 0 Å². The number of hydrogen-bond acceptors (Lipinski definition) is 4. The zero-order valence-electron chi connectivity index (χ0n) is 22.5. The molecule has 1 amide bonds. The fraction of sp³-hybridized carbons (Fsp3) is 0.355. The molecule has 3 aromatic carbocycles. The Balaban J connectivity index is 1.72. The fourth-order valence-corrected chi connectivity index (χ4v) is 6.01. The second-order valence-corrected chi connectivity index (χ2v) is 10.1. The average Bonchev–Trinajstić information content (AvgIpc) is 3.37. The van der Waals surface area contributed by atoms with E-state index in [0.29, 0.717) is 35.3 Å². The fourth-order valence-electron chi connectivity index (χ4n) is 6.01. The van der Waals surface area contributed by atoms with Crippen LogP contribution in [0, 0.1) is 32.4 Å². The summed E-state index contributed by atoms with van der Waals surface area (Å²) in [5.41, 5.74) is 6.69. The standard InChI is InChI=1S/C31H31F2NO5/c1-5-38-29(31(36)37)27-18(4)24-15-34(30(35)19-8-6-9-20(32)12-19)14-23(24)17(3)26(27)22-13-25(33)28-21(16(22)2)10-7-11-39-28/h6,8-9,12-13,29H,5,7,10-11,14-15H2,1-4H3,(H,36,37)/t29-/m0/s1. The molecular weight excluding hydrogens is 504 g/mol. The van der Waals surface area contributed by atoms with Gasteiger partial charge in [-0.15, -0.1) is 0 Å². The van der Waals surface area contributed by atoms with Crippen LogP contribution in [0.25, 0.3) is 11.1 Å². The Morgan fingerprint density at radius 1 is 1.05 bits per heavy atom. The van der Waals surface area contributed by atoms with Crippen LogP contribution in [-0.2, 0) is 29.0 Å². The molecule has 5 rings (SSSR count). The zero-order valence-corrected chi connectivity index (χ0v) is 22.5. The number of aliphatic carboxylic acids is 1. The summed E-state index contributed by atoms with van der Waals surface area (Å²) in [6.45, 7) is 8.48. The number of carboxylic acids is 1. The maximum atomic E-state index is 15.4. The highest BCUT2D eigenvalue weighted by Gasteiger charge is 2.36. The van der Waals surface area contributed by atoms with Gasteiger partial charge in [0.1, 0.15) is 5.82 Å². The van der Waals surface area contributed by atoms with Gasteiger partial charge in [-0.2, -0.15) is 0 Å². The molecule has 1 atom stereocenters. The lowest BCUT2D eigenvalue weighted by Gasteiger charge is -2.27. The Morgan fingerprint density at radius 3 is 2.44 bits per heavy atom. The van der Waals surface area contributed by atoms with Gasteiger partial charge in [0.15, 0.2) is 17.7 Å². The van der Waals surface area contributed by atoms with E-state index in [1.54, 1.807) is 17.9 Å². The highest BCUT2D eigenvalue weighted by Crippen LogP contribution is 2.46. The van der Waals surface area contributed by atoms with Crippen LogP contribution in [-0.4, -0.2) is 35.1 Å². The summed E-state index contributed by atoms with van der Waals surface area (Å²) in [7, 11) is 0. The van der Waals surface area contributed by atoms with Crippen molar-refractivity contribution in [2.45, 2.75) is 59.7 Å². The van der Waals surface area contributed by atoms with E-state index in [1.807, 2.05) is 20.8 Å². The monoisotopic (exact) mass is 535 g/mol. The number of carbonyl (C=O) groups excluding carboxylic acids is 1. The van der Waals surface area contributed by atoms with Crippen molar-refractivity contribution in [1.82, 2.24) is 4.90 Å². The third kappa shape index (κ3) is 4.56. The Kier molecular flexibility index (Phi) is 7.16. The number of amides is 1. The van der Waals surface area contributed by atoms with Crippen molar-refractivity contribution in [2.75, 3.05) is 13.2 Å². The number of carboxylic acid groups (broad SMARTS) is 1. The van der Waals surface area contributed by atoms with E-state index in [9.17, 15) is 19.1 Å². The third-order valence-corrected chi connectivity index (χ3v) is 7.90. The first-order valence-electron chi connectivity index (χ1n) is 13.1. The minimum absolute atomic E-state index is 0.168. The predicted octanol–water partition coefficient (Wildman–Crippen LogP) is 6.20. The minimum atomic E-state index is -1.28. The molecule has 8 heteroatoms. The first-order chi connectivity index (χ1) is 18.6. The predicted molar refractivity (Wildman–Crippen MR) is 142 cm³/mol. The smallest absolute Gasteiger partial charge is 0.337 e. The van der Waals surface area contributed by atoms with Gasteiger partial charge in [-0.05, 0) is 104 Å². The lowest BCUT2D eigenvalue weighted by atomic mass is 9.81. The number of rotatable bonds is 6. The van der Waals surface area contributed by atoms with Crippen LogP contribution < -0.4 is 4.74 Å². The molecule has 0 spiro atoms. The molecule has 2 aliphatic heterocycles. The van der Waals surface area contributed by atoms with Crippen molar-refractivity contribution < 1.29 is 33.0 Å². The number of carbonyl (C=O) groups is 2. The van der Waals surface area contributed by atoms with Gasteiger partial charge in [0.25, 0.3) is 5.91 Å². The van der Waals surface area contributed by atoms with Crippen LogP contribution in [0.2, 0.25) is 0 Å². The van der Waals surface area contributed by atoms with E-state index in [2.05, 4.69) is 0 Å². The maximum Gasteiger partial charge on any atom is 0.337 e. The number of halogens is 2. The number of nitrogens with zero attached hydrogens (tertiary/aromatic N) is 1. The quantitative estimate of drug-likeness (QED) is 0.407. The summed E-state index contributed by atoms with van der Waals surface area (Å²) in [6.07, 6.45) is 0.143. The third-order valence-electron chi connectivity index (χ3n) is 7.90. The van der Waals surface area contributed by atoms with Gasteiger partial charge < -0.3 is 19.5 Å². The van der Waals surface area contributed by atoms with E-state index in [1.165, 1.54) is 24.3 Å². The van der Waals surface area contributed by atoms with Crippen molar-refractivity contribution in [2.24, 2.45) is 0 Å². The Morgan fingerprint density at radius 2 is 1.77 bits per heavy atom. The van der Waals surface area contributed by atoms with E-state index in [0.717, 1.165) is 34.2 Å². The summed E-state index contributed by atoms with van der Waals surface area (Å²) in [5.74, 6) is -2.19. The minimum Gasteiger partial charge on any atom is -0.490 e. The largest absolute Gasteiger partial charge is 0.490 e. The molecule has 2 heterocycles. The van der Waals surface area contributed by atoms with Crippen LogP contribution in [0.1, 0.15) is 68.8 Å². The summed E-state index contributed by atoms with van der Waals surface area (Å²) in [6, 6.07) is 6.98. The maximum absolute atomic E-state index is 15.4. The number of hydrogen-bond donors (Lipinski definition) is 1. The summed E-state index contributed by atoms with van der Waals surface area (Å²) < 4.78 is 40.6. The van der Waals surface area contributed by atoms with Crippen LogP contribution in [0.5, 0.6) is 5.75 Å². The molecule has 0 saturated heterocycles. The molecule has 0 unspecified atom stereocenters. The van der Waals surface area contributed by atoms with Gasteiger partial charge in [-0.25, -0.2) is 13.6 Å². The second-order valence-electron chi connectivity index (χ2n) is 10.1. The van der Waals surface area contributed by atoms with Crippen molar-refractivity contribution in [3.05, 3.63) is 86.5 Å². The van der Waals surface area contributed by atoms with Crippen molar-refractivity contribution in [3.8, 4) is 16.9 Å². The molecule has 0 radical (unpaired) electrons. The van der Waals surface area contributed by atoms with E-state index in [-0.39, 0.29) is 36.9 Å². The molecule has 204 valence electrons. The molecule has 2 aliphatic rings. The SMILES string of the molecule is CCO[C@H](C(=O)O)c1c(C)c2c(c(C)c1-c1cc(F)c3c(c1C)CCCO3)CN(C(=O)c1cccc(F)c1)C2. The number of fused-ring (bicyclic) bond motifs is 2. The topological polar surface area (TPSA) is 76.1 Å². The van der Waals surface area contributed by atoms with Crippen molar-refractivity contribution >= 4 is 11.9 Å². The van der Waals surface area contributed by atoms with E-state index >= 15 is 4.39 Å². The molecule has 0 fully saturated rings. The van der Waals surface area contributed by atoms with Gasteiger partial charge >= 0.3 is 5.97 Å². The van der Waals surface area contributed by atoms with Gasteiger partial charge in [0.2, 0.25) is 0 Å². The summed E-state index contributed by atoms with van der Waals surface area (Å²) >= 11 is 0. The number of ether oxygens (including phenoxy) is 2. The molecule has 6 nitrogen and oxygen atoms in total. The molecule has 0 aromatic heterocycles.